The fraction of sp³-hybridized carbons (Fsp3) is 0.269. The Hall–Kier alpha value is -3.50. The van der Waals surface area contributed by atoms with Crippen LogP contribution < -0.4 is 5.32 Å². The summed E-state index contributed by atoms with van der Waals surface area (Å²) in [6.45, 7) is 1.20. The number of hydrogen-bond donors (Lipinski definition) is 1. The molecule has 0 aliphatic rings. The van der Waals surface area contributed by atoms with Crippen LogP contribution in [-0.4, -0.2) is 40.9 Å². The van der Waals surface area contributed by atoms with Crippen molar-refractivity contribution in [2.45, 2.75) is 25.6 Å². The van der Waals surface area contributed by atoms with E-state index in [-0.39, 0.29) is 11.6 Å². The highest BCUT2D eigenvalue weighted by atomic mass is 32.1. The first-order valence-corrected chi connectivity index (χ1v) is 12.2. The van der Waals surface area contributed by atoms with Gasteiger partial charge in [0.1, 0.15) is 10.6 Å². The van der Waals surface area contributed by atoms with Gasteiger partial charge in [-0.15, -0.1) is 11.3 Å². The summed E-state index contributed by atoms with van der Waals surface area (Å²) < 4.78 is 46.1. The van der Waals surface area contributed by atoms with Crippen LogP contribution in [0.1, 0.15) is 31.7 Å². The lowest BCUT2D eigenvalue weighted by Gasteiger charge is -2.13. The number of aromatic nitrogens is 2. The summed E-state index contributed by atoms with van der Waals surface area (Å²) in [5.74, 6) is -0.00270. The SMILES string of the molecule is CN(CCc1nc(C(F)(F)F)c(C(=O)NCCc2cccc(-c3cccnc3)c2)s1)Cc1ccco1. The fourth-order valence-corrected chi connectivity index (χ4v) is 4.68. The quantitative estimate of drug-likeness (QED) is 0.304. The lowest BCUT2D eigenvalue weighted by atomic mass is 10.0. The number of carbonyl (C=O) groups is 1. The number of rotatable bonds is 10. The molecule has 4 rings (SSSR count). The number of likely N-dealkylation sites (N-methyl/N-ethyl adjacent to an activating group) is 1. The van der Waals surface area contributed by atoms with Gasteiger partial charge in [-0.25, -0.2) is 4.98 Å². The molecule has 0 atom stereocenters. The van der Waals surface area contributed by atoms with E-state index in [1.807, 2.05) is 54.4 Å². The third kappa shape index (κ3) is 6.79. The molecule has 10 heteroatoms. The minimum atomic E-state index is -4.71. The Morgan fingerprint density at radius 1 is 1.11 bits per heavy atom. The van der Waals surface area contributed by atoms with E-state index in [0.717, 1.165) is 33.8 Å². The van der Waals surface area contributed by atoms with Crippen LogP contribution >= 0.6 is 11.3 Å². The van der Waals surface area contributed by atoms with Crippen molar-refractivity contribution in [3.05, 3.63) is 94.1 Å². The first kappa shape index (κ1) is 25.6. The average molecular weight is 515 g/mol. The molecule has 0 unspecified atom stereocenters. The fourth-order valence-electron chi connectivity index (χ4n) is 3.69. The highest BCUT2D eigenvalue weighted by Crippen LogP contribution is 2.34. The number of nitrogens with zero attached hydrogens (tertiary/aromatic N) is 3. The molecule has 4 aromatic rings. The van der Waals surface area contributed by atoms with Gasteiger partial charge in [-0.3, -0.25) is 14.7 Å². The molecule has 0 radical (unpaired) electrons. The Morgan fingerprint density at radius 2 is 1.94 bits per heavy atom. The number of halogens is 3. The van der Waals surface area contributed by atoms with Gasteiger partial charge in [-0.2, -0.15) is 13.2 Å². The molecule has 1 amide bonds. The van der Waals surface area contributed by atoms with Gasteiger partial charge < -0.3 is 9.73 Å². The topological polar surface area (TPSA) is 71.3 Å². The molecule has 1 aromatic carbocycles. The summed E-state index contributed by atoms with van der Waals surface area (Å²) in [6, 6.07) is 15.2. The Labute approximate surface area is 210 Å². The summed E-state index contributed by atoms with van der Waals surface area (Å²) in [5.41, 5.74) is 1.77. The Balaban J connectivity index is 1.37. The van der Waals surface area contributed by atoms with Gasteiger partial charge in [-0.05, 0) is 48.4 Å². The molecule has 188 valence electrons. The first-order valence-electron chi connectivity index (χ1n) is 11.3. The molecule has 0 aliphatic heterocycles. The predicted molar refractivity (Wildman–Crippen MR) is 132 cm³/mol. The highest BCUT2D eigenvalue weighted by Gasteiger charge is 2.39. The van der Waals surface area contributed by atoms with Crippen molar-refractivity contribution in [3.8, 4) is 11.1 Å². The van der Waals surface area contributed by atoms with Crippen LogP contribution in [0.25, 0.3) is 11.1 Å². The van der Waals surface area contributed by atoms with E-state index < -0.39 is 22.7 Å². The second-order valence-electron chi connectivity index (χ2n) is 8.30. The summed E-state index contributed by atoms with van der Waals surface area (Å²) in [4.78, 5) is 22.1. The monoisotopic (exact) mass is 514 g/mol. The van der Waals surface area contributed by atoms with Crippen molar-refractivity contribution in [3.63, 3.8) is 0 Å². The maximum atomic E-state index is 13.6. The van der Waals surface area contributed by atoms with E-state index in [2.05, 4.69) is 15.3 Å². The molecule has 0 saturated heterocycles. The average Bonchev–Trinajstić information content (AvgIpc) is 3.53. The van der Waals surface area contributed by atoms with Crippen molar-refractivity contribution >= 4 is 17.2 Å². The van der Waals surface area contributed by atoms with Gasteiger partial charge in [0.2, 0.25) is 0 Å². The van der Waals surface area contributed by atoms with Crippen molar-refractivity contribution in [1.82, 2.24) is 20.2 Å². The molecule has 36 heavy (non-hydrogen) atoms. The van der Waals surface area contributed by atoms with Crippen molar-refractivity contribution in [1.29, 1.82) is 0 Å². The molecule has 0 fully saturated rings. The minimum absolute atomic E-state index is 0.200. The predicted octanol–water partition coefficient (Wildman–Crippen LogP) is 5.46. The van der Waals surface area contributed by atoms with E-state index in [1.54, 1.807) is 24.7 Å². The lowest BCUT2D eigenvalue weighted by molar-refractivity contribution is -0.141. The van der Waals surface area contributed by atoms with Crippen LogP contribution in [0.5, 0.6) is 0 Å². The van der Waals surface area contributed by atoms with Crippen LogP contribution in [-0.2, 0) is 25.6 Å². The van der Waals surface area contributed by atoms with E-state index in [1.165, 1.54) is 0 Å². The molecule has 6 nitrogen and oxygen atoms in total. The van der Waals surface area contributed by atoms with Gasteiger partial charge in [-0.1, -0.05) is 30.3 Å². The lowest BCUT2D eigenvalue weighted by Crippen LogP contribution is -2.27. The Morgan fingerprint density at radius 3 is 2.67 bits per heavy atom. The van der Waals surface area contributed by atoms with Crippen molar-refractivity contribution in [2.75, 3.05) is 20.1 Å². The largest absolute Gasteiger partial charge is 0.468 e. The van der Waals surface area contributed by atoms with E-state index in [0.29, 0.717) is 25.9 Å². The number of hydrogen-bond acceptors (Lipinski definition) is 6. The van der Waals surface area contributed by atoms with Crippen LogP contribution in [0.4, 0.5) is 13.2 Å². The third-order valence-electron chi connectivity index (χ3n) is 5.48. The molecular weight excluding hydrogens is 489 g/mol. The van der Waals surface area contributed by atoms with Crippen LogP contribution in [0.3, 0.4) is 0 Å². The number of benzene rings is 1. The smallest absolute Gasteiger partial charge is 0.435 e. The number of nitrogens with one attached hydrogen (secondary N) is 1. The Bertz CT molecular complexity index is 1270. The van der Waals surface area contributed by atoms with E-state index in [4.69, 9.17) is 4.42 Å². The second kappa shape index (κ2) is 11.5. The highest BCUT2D eigenvalue weighted by molar-refractivity contribution is 7.13. The summed E-state index contributed by atoms with van der Waals surface area (Å²) >= 11 is 0.790. The number of pyridine rings is 1. The number of amides is 1. The standard InChI is InChI=1S/C26H25F3N4O2S/c1-33(17-21-8-4-14-35-21)13-10-22-32-24(26(27,28)29)23(36-22)25(34)31-12-9-18-5-2-6-19(15-18)20-7-3-11-30-16-20/h2-8,11,14-16H,9-10,12-13,17H2,1H3,(H,31,34). The molecule has 3 aromatic heterocycles. The maximum Gasteiger partial charge on any atom is 0.435 e. The summed E-state index contributed by atoms with van der Waals surface area (Å²) in [7, 11) is 1.84. The second-order valence-corrected chi connectivity index (χ2v) is 9.38. The van der Waals surface area contributed by atoms with Crippen LogP contribution in [0, 0.1) is 0 Å². The zero-order valence-corrected chi connectivity index (χ0v) is 20.4. The summed E-state index contributed by atoms with van der Waals surface area (Å²) in [6.07, 6.45) is 1.09. The number of thiazole rings is 1. The van der Waals surface area contributed by atoms with Gasteiger partial charge in [0, 0.05) is 31.9 Å². The third-order valence-corrected chi connectivity index (χ3v) is 6.59. The minimum Gasteiger partial charge on any atom is -0.468 e. The zero-order chi connectivity index (χ0) is 25.5. The Kier molecular flexibility index (Phi) is 8.17. The maximum absolute atomic E-state index is 13.6. The van der Waals surface area contributed by atoms with Crippen molar-refractivity contribution in [2.24, 2.45) is 0 Å². The van der Waals surface area contributed by atoms with E-state index in [9.17, 15) is 18.0 Å². The molecule has 0 bridgehead atoms. The molecule has 0 saturated carbocycles. The molecular formula is C26H25F3N4O2S. The molecule has 0 aliphatic carbocycles. The number of furan rings is 1. The number of carbonyl (C=O) groups excluding carboxylic acids is 1. The normalized spacial score (nSPS) is 11.7. The van der Waals surface area contributed by atoms with E-state index >= 15 is 0 Å². The molecule has 0 spiro atoms. The molecule has 1 N–H and O–H groups in total. The van der Waals surface area contributed by atoms with Crippen molar-refractivity contribution < 1.29 is 22.4 Å². The number of alkyl halides is 3. The zero-order valence-electron chi connectivity index (χ0n) is 19.6. The summed E-state index contributed by atoms with van der Waals surface area (Å²) in [5, 5.41) is 2.89. The van der Waals surface area contributed by atoms with Gasteiger partial charge >= 0.3 is 6.18 Å². The van der Waals surface area contributed by atoms with Gasteiger partial charge in [0.05, 0.1) is 17.8 Å². The van der Waals surface area contributed by atoms with Gasteiger partial charge in [0.25, 0.3) is 5.91 Å². The first-order chi connectivity index (χ1) is 17.3. The molecule has 3 heterocycles. The van der Waals surface area contributed by atoms with Gasteiger partial charge in [0.15, 0.2) is 5.69 Å². The van der Waals surface area contributed by atoms with Crippen LogP contribution in [0.15, 0.2) is 71.6 Å². The van der Waals surface area contributed by atoms with Crippen LogP contribution in [0.2, 0.25) is 0 Å².